The van der Waals surface area contributed by atoms with Gasteiger partial charge in [-0.3, -0.25) is 9.10 Å². The number of nitrogens with zero attached hydrogens (tertiary/aromatic N) is 1. The second kappa shape index (κ2) is 8.21. The summed E-state index contributed by atoms with van der Waals surface area (Å²) in [7, 11) is -0.618. The van der Waals surface area contributed by atoms with Gasteiger partial charge in [0.15, 0.2) is 0 Å². The summed E-state index contributed by atoms with van der Waals surface area (Å²) in [4.78, 5) is 12.6. The van der Waals surface area contributed by atoms with Gasteiger partial charge < -0.3 is 14.8 Å². The number of amides is 1. The fraction of sp³-hybridized carbons (Fsp3) is 0.312. The van der Waals surface area contributed by atoms with Crippen LogP contribution >= 0.6 is 11.3 Å². The van der Waals surface area contributed by atoms with Crippen LogP contribution in [0, 0.1) is 0 Å². The number of methoxy groups -OCH3 is 2. The number of hydrogen-bond acceptors (Lipinski definition) is 6. The van der Waals surface area contributed by atoms with Crippen LogP contribution < -0.4 is 19.1 Å². The smallest absolute Gasteiger partial charge is 0.261 e. The standard InChI is InChI=1S/C16H20N2O5S2/c1-22-12-6-7-14(23-2)13(11-12)18(25(3,20)21)9-8-17-16(19)15-5-4-10-24-15/h4-7,10-11H,8-9H2,1-3H3,(H,17,19). The van der Waals surface area contributed by atoms with E-state index in [1.54, 1.807) is 35.7 Å². The summed E-state index contributed by atoms with van der Waals surface area (Å²) in [5, 5.41) is 4.52. The van der Waals surface area contributed by atoms with Gasteiger partial charge in [-0.2, -0.15) is 0 Å². The van der Waals surface area contributed by atoms with Gasteiger partial charge in [-0.15, -0.1) is 11.3 Å². The number of anilines is 1. The van der Waals surface area contributed by atoms with Gasteiger partial charge in [0.05, 0.1) is 37.6 Å². The first-order valence-electron chi connectivity index (χ1n) is 7.38. The molecule has 2 aromatic rings. The summed E-state index contributed by atoms with van der Waals surface area (Å²) in [6.45, 7) is 0.226. The molecule has 0 radical (unpaired) electrons. The van der Waals surface area contributed by atoms with E-state index in [2.05, 4.69) is 5.32 Å². The number of carbonyl (C=O) groups is 1. The quantitative estimate of drug-likeness (QED) is 0.752. The predicted octanol–water partition coefficient (Wildman–Crippen LogP) is 1.96. The maximum atomic E-state index is 12.2. The Balaban J connectivity index is 2.19. The van der Waals surface area contributed by atoms with Crippen molar-refractivity contribution in [3.63, 3.8) is 0 Å². The van der Waals surface area contributed by atoms with Crippen LogP contribution in [0.1, 0.15) is 9.67 Å². The second-order valence-corrected chi connectivity index (χ2v) is 7.96. The van der Waals surface area contributed by atoms with Crippen LogP contribution in [0.2, 0.25) is 0 Å². The van der Waals surface area contributed by atoms with E-state index < -0.39 is 10.0 Å². The number of nitrogens with one attached hydrogen (secondary N) is 1. The molecule has 0 spiro atoms. The summed E-state index contributed by atoms with van der Waals surface area (Å²) in [6.07, 6.45) is 1.10. The molecular formula is C16H20N2O5S2. The molecule has 7 nitrogen and oxygen atoms in total. The molecule has 0 atom stereocenters. The summed E-state index contributed by atoms with van der Waals surface area (Å²) in [5.41, 5.74) is 0.356. The van der Waals surface area contributed by atoms with Gasteiger partial charge in [0, 0.05) is 12.6 Å². The zero-order chi connectivity index (χ0) is 18.4. The SMILES string of the molecule is COc1ccc(OC)c(N(CCNC(=O)c2cccs2)S(C)(=O)=O)c1. The van der Waals surface area contributed by atoms with Crippen LogP contribution in [0.4, 0.5) is 5.69 Å². The number of hydrogen-bond donors (Lipinski definition) is 1. The fourth-order valence-electron chi connectivity index (χ4n) is 2.22. The Bertz CT molecular complexity index is 819. The minimum atomic E-state index is -3.58. The molecule has 1 N–H and O–H groups in total. The molecule has 0 aliphatic carbocycles. The molecular weight excluding hydrogens is 364 g/mol. The normalized spacial score (nSPS) is 11.0. The number of thiophene rings is 1. The number of rotatable bonds is 8. The van der Waals surface area contributed by atoms with Crippen molar-refractivity contribution in [1.29, 1.82) is 0 Å². The highest BCUT2D eigenvalue weighted by molar-refractivity contribution is 7.92. The van der Waals surface area contributed by atoms with Gasteiger partial charge in [-0.25, -0.2) is 8.42 Å². The molecule has 1 heterocycles. The van der Waals surface area contributed by atoms with Gasteiger partial charge >= 0.3 is 0 Å². The largest absolute Gasteiger partial charge is 0.497 e. The van der Waals surface area contributed by atoms with E-state index >= 15 is 0 Å². The zero-order valence-corrected chi connectivity index (χ0v) is 15.8. The van der Waals surface area contributed by atoms with E-state index in [0.29, 0.717) is 22.1 Å². The molecule has 1 aromatic heterocycles. The van der Waals surface area contributed by atoms with E-state index in [9.17, 15) is 13.2 Å². The Morgan fingerprint density at radius 3 is 2.56 bits per heavy atom. The number of carbonyl (C=O) groups excluding carboxylic acids is 1. The van der Waals surface area contributed by atoms with Gasteiger partial charge in [0.2, 0.25) is 10.0 Å². The first-order valence-corrected chi connectivity index (χ1v) is 10.1. The number of ether oxygens (including phenoxy) is 2. The first kappa shape index (κ1) is 19.1. The summed E-state index contributed by atoms with van der Waals surface area (Å²) < 4.78 is 36.1. The fourth-order valence-corrected chi connectivity index (χ4v) is 3.79. The Morgan fingerprint density at radius 2 is 2.00 bits per heavy atom. The Kier molecular flexibility index (Phi) is 6.27. The lowest BCUT2D eigenvalue weighted by Crippen LogP contribution is -2.38. The first-order chi connectivity index (χ1) is 11.9. The molecule has 25 heavy (non-hydrogen) atoms. The molecule has 0 saturated carbocycles. The monoisotopic (exact) mass is 384 g/mol. The lowest BCUT2D eigenvalue weighted by atomic mass is 10.2. The highest BCUT2D eigenvalue weighted by atomic mass is 32.2. The van der Waals surface area contributed by atoms with E-state index in [-0.39, 0.29) is 19.0 Å². The molecule has 0 aliphatic rings. The third kappa shape index (κ3) is 4.86. The van der Waals surface area contributed by atoms with Crippen molar-refractivity contribution in [1.82, 2.24) is 5.32 Å². The topological polar surface area (TPSA) is 84.9 Å². The average Bonchev–Trinajstić information content (AvgIpc) is 3.11. The molecule has 2 rings (SSSR count). The van der Waals surface area contributed by atoms with Crippen LogP contribution in [-0.2, 0) is 10.0 Å². The van der Waals surface area contributed by atoms with Crippen molar-refractivity contribution in [2.24, 2.45) is 0 Å². The number of benzene rings is 1. The maximum Gasteiger partial charge on any atom is 0.261 e. The van der Waals surface area contributed by atoms with Gasteiger partial charge in [-0.05, 0) is 23.6 Å². The Hall–Kier alpha value is -2.26. The molecule has 9 heteroatoms. The third-order valence-electron chi connectivity index (χ3n) is 3.40. The van der Waals surface area contributed by atoms with Crippen LogP contribution in [0.25, 0.3) is 0 Å². The molecule has 136 valence electrons. The highest BCUT2D eigenvalue weighted by Gasteiger charge is 2.22. The summed E-state index contributed by atoms with van der Waals surface area (Å²) in [5.74, 6) is 0.670. The second-order valence-electron chi connectivity index (χ2n) is 5.11. The molecule has 1 amide bonds. The zero-order valence-electron chi connectivity index (χ0n) is 14.2. The van der Waals surface area contributed by atoms with Crippen molar-refractivity contribution in [2.45, 2.75) is 0 Å². The average molecular weight is 384 g/mol. The molecule has 0 unspecified atom stereocenters. The number of sulfonamides is 1. The van der Waals surface area contributed by atoms with Crippen LogP contribution in [0.5, 0.6) is 11.5 Å². The summed E-state index contributed by atoms with van der Waals surface area (Å²) in [6, 6.07) is 8.39. The lowest BCUT2D eigenvalue weighted by Gasteiger charge is -2.24. The molecule has 0 fully saturated rings. The van der Waals surface area contributed by atoms with Gasteiger partial charge in [-0.1, -0.05) is 6.07 Å². The van der Waals surface area contributed by atoms with Gasteiger partial charge in [0.1, 0.15) is 11.5 Å². The predicted molar refractivity (Wildman–Crippen MR) is 98.4 cm³/mol. The van der Waals surface area contributed by atoms with Crippen molar-refractivity contribution in [2.75, 3.05) is 37.9 Å². The van der Waals surface area contributed by atoms with E-state index in [1.165, 1.54) is 29.9 Å². The summed E-state index contributed by atoms with van der Waals surface area (Å²) >= 11 is 1.32. The van der Waals surface area contributed by atoms with Crippen molar-refractivity contribution < 1.29 is 22.7 Å². The Labute approximate surface area is 151 Å². The van der Waals surface area contributed by atoms with Crippen molar-refractivity contribution >= 4 is 33.0 Å². The van der Waals surface area contributed by atoms with E-state index in [0.717, 1.165) is 6.26 Å². The van der Waals surface area contributed by atoms with E-state index in [4.69, 9.17) is 9.47 Å². The van der Waals surface area contributed by atoms with Crippen molar-refractivity contribution in [3.8, 4) is 11.5 Å². The van der Waals surface area contributed by atoms with Crippen LogP contribution in [0.3, 0.4) is 0 Å². The van der Waals surface area contributed by atoms with Crippen LogP contribution in [0.15, 0.2) is 35.7 Å². The minimum Gasteiger partial charge on any atom is -0.497 e. The van der Waals surface area contributed by atoms with E-state index in [1.807, 2.05) is 0 Å². The third-order valence-corrected chi connectivity index (χ3v) is 5.45. The molecule has 0 saturated heterocycles. The van der Waals surface area contributed by atoms with Crippen LogP contribution in [-0.4, -0.2) is 47.9 Å². The molecule has 0 aliphatic heterocycles. The Morgan fingerprint density at radius 1 is 1.24 bits per heavy atom. The lowest BCUT2D eigenvalue weighted by molar-refractivity contribution is 0.0959. The molecule has 0 bridgehead atoms. The van der Waals surface area contributed by atoms with Gasteiger partial charge in [0.25, 0.3) is 5.91 Å². The maximum absolute atomic E-state index is 12.2. The highest BCUT2D eigenvalue weighted by Crippen LogP contribution is 2.33. The minimum absolute atomic E-state index is 0.0689. The van der Waals surface area contributed by atoms with Crippen molar-refractivity contribution in [3.05, 3.63) is 40.6 Å². The molecule has 1 aromatic carbocycles.